The van der Waals surface area contributed by atoms with Crippen LogP contribution in [0.4, 0.5) is 0 Å². The van der Waals surface area contributed by atoms with E-state index in [0.29, 0.717) is 0 Å². The molecule has 1 aliphatic carbocycles. The summed E-state index contributed by atoms with van der Waals surface area (Å²) in [6, 6.07) is 6.80. The van der Waals surface area contributed by atoms with Crippen LogP contribution in [0.2, 0.25) is 0 Å². The second kappa shape index (κ2) is 5.33. The number of hydrogen-bond donors (Lipinski definition) is 2. The molecule has 2 rings (SSSR count). The molecule has 1 aliphatic rings. The van der Waals surface area contributed by atoms with E-state index < -0.39 is 17.4 Å². The number of benzene rings is 1. The van der Waals surface area contributed by atoms with Crippen molar-refractivity contribution in [2.75, 3.05) is 0 Å². The molecular formula is C14H16BrNO3. The fourth-order valence-electron chi connectivity index (χ4n) is 2.34. The third-order valence-corrected chi connectivity index (χ3v) is 4.29. The predicted octanol–water partition coefficient (Wildman–Crippen LogP) is 2.46. The summed E-state index contributed by atoms with van der Waals surface area (Å²) in [6.45, 7) is 1.48. The first-order chi connectivity index (χ1) is 8.95. The van der Waals surface area contributed by atoms with Crippen molar-refractivity contribution in [3.63, 3.8) is 0 Å². The van der Waals surface area contributed by atoms with Gasteiger partial charge in [-0.25, -0.2) is 0 Å². The molecule has 0 bridgehead atoms. The predicted molar refractivity (Wildman–Crippen MR) is 74.9 cm³/mol. The highest BCUT2D eigenvalue weighted by molar-refractivity contribution is 9.10. The SMILES string of the molecule is C[C@H](NC(=O)C1(c2ccc(Br)cc2)CCC1)C(=O)O. The maximum atomic E-state index is 12.4. The third kappa shape index (κ3) is 2.66. The number of aliphatic carboxylic acids is 1. The summed E-state index contributed by atoms with van der Waals surface area (Å²) in [5, 5.41) is 11.5. The molecule has 4 nitrogen and oxygen atoms in total. The van der Waals surface area contributed by atoms with Crippen LogP contribution in [0, 0.1) is 0 Å². The standard InChI is InChI=1S/C14H16BrNO3/c1-9(12(17)18)16-13(19)14(7-2-8-14)10-3-5-11(15)6-4-10/h3-6,9H,2,7-8H2,1H3,(H,16,19)(H,17,18)/t9-/m0/s1. The van der Waals surface area contributed by atoms with Crippen LogP contribution in [-0.2, 0) is 15.0 Å². The highest BCUT2D eigenvalue weighted by Crippen LogP contribution is 2.44. The van der Waals surface area contributed by atoms with Crippen molar-refractivity contribution in [3.8, 4) is 0 Å². The molecule has 1 aromatic carbocycles. The number of amides is 1. The molecule has 2 N–H and O–H groups in total. The number of hydrogen-bond acceptors (Lipinski definition) is 2. The van der Waals surface area contributed by atoms with E-state index in [0.717, 1.165) is 29.3 Å². The lowest BCUT2D eigenvalue weighted by Gasteiger charge is -2.41. The molecule has 1 aromatic rings. The number of carbonyl (C=O) groups is 2. The Labute approximate surface area is 120 Å². The van der Waals surface area contributed by atoms with Gasteiger partial charge in [0.2, 0.25) is 5.91 Å². The van der Waals surface area contributed by atoms with E-state index in [9.17, 15) is 9.59 Å². The lowest BCUT2D eigenvalue weighted by atomic mass is 9.63. The minimum atomic E-state index is -1.02. The van der Waals surface area contributed by atoms with Gasteiger partial charge in [-0.2, -0.15) is 0 Å². The average Bonchev–Trinajstić information content (AvgIpc) is 2.30. The quantitative estimate of drug-likeness (QED) is 0.893. The fraction of sp³-hybridized carbons (Fsp3) is 0.429. The van der Waals surface area contributed by atoms with Crippen molar-refractivity contribution in [1.29, 1.82) is 0 Å². The van der Waals surface area contributed by atoms with Gasteiger partial charge < -0.3 is 10.4 Å². The molecule has 0 heterocycles. The number of carbonyl (C=O) groups excluding carboxylic acids is 1. The van der Waals surface area contributed by atoms with Crippen molar-refractivity contribution < 1.29 is 14.7 Å². The maximum absolute atomic E-state index is 12.4. The van der Waals surface area contributed by atoms with E-state index in [2.05, 4.69) is 21.2 Å². The molecule has 0 aliphatic heterocycles. The number of rotatable bonds is 4. The Morgan fingerprint density at radius 1 is 1.32 bits per heavy atom. The van der Waals surface area contributed by atoms with Crippen LogP contribution >= 0.6 is 15.9 Å². The Hall–Kier alpha value is -1.36. The van der Waals surface area contributed by atoms with Gasteiger partial charge >= 0.3 is 5.97 Å². The molecule has 1 atom stereocenters. The van der Waals surface area contributed by atoms with E-state index in [1.165, 1.54) is 6.92 Å². The van der Waals surface area contributed by atoms with E-state index in [1.807, 2.05) is 24.3 Å². The van der Waals surface area contributed by atoms with Crippen LogP contribution in [0.3, 0.4) is 0 Å². The van der Waals surface area contributed by atoms with Crippen LogP contribution in [0.1, 0.15) is 31.7 Å². The highest BCUT2D eigenvalue weighted by Gasteiger charge is 2.46. The van der Waals surface area contributed by atoms with Gasteiger partial charge in [0.15, 0.2) is 0 Å². The lowest BCUT2D eigenvalue weighted by Crippen LogP contribution is -2.53. The van der Waals surface area contributed by atoms with Gasteiger partial charge in [0.1, 0.15) is 6.04 Å². The summed E-state index contributed by atoms with van der Waals surface area (Å²) in [7, 11) is 0. The normalized spacial score (nSPS) is 18.2. The van der Waals surface area contributed by atoms with Gasteiger partial charge in [-0.15, -0.1) is 0 Å². The van der Waals surface area contributed by atoms with Crippen molar-refractivity contribution in [2.24, 2.45) is 0 Å². The summed E-state index contributed by atoms with van der Waals surface area (Å²) in [6.07, 6.45) is 2.53. The summed E-state index contributed by atoms with van der Waals surface area (Å²) >= 11 is 3.37. The first-order valence-electron chi connectivity index (χ1n) is 6.25. The number of carboxylic acid groups (broad SMARTS) is 1. The van der Waals surface area contributed by atoms with Crippen LogP contribution in [-0.4, -0.2) is 23.0 Å². The van der Waals surface area contributed by atoms with E-state index in [4.69, 9.17) is 5.11 Å². The zero-order valence-corrected chi connectivity index (χ0v) is 12.2. The number of halogens is 1. The molecule has 0 spiro atoms. The second-order valence-electron chi connectivity index (χ2n) is 4.98. The first kappa shape index (κ1) is 14.1. The number of carboxylic acids is 1. The monoisotopic (exact) mass is 325 g/mol. The Bertz CT molecular complexity index is 494. The summed E-state index contributed by atoms with van der Waals surface area (Å²) < 4.78 is 0.963. The smallest absolute Gasteiger partial charge is 0.325 e. The first-order valence-corrected chi connectivity index (χ1v) is 7.05. The van der Waals surface area contributed by atoms with Gasteiger partial charge in [0, 0.05) is 4.47 Å². The van der Waals surface area contributed by atoms with Gasteiger partial charge in [0.25, 0.3) is 0 Å². The van der Waals surface area contributed by atoms with Crippen molar-refractivity contribution in [3.05, 3.63) is 34.3 Å². The van der Waals surface area contributed by atoms with E-state index >= 15 is 0 Å². The Kier molecular flexibility index (Phi) is 3.94. The zero-order valence-electron chi connectivity index (χ0n) is 10.6. The van der Waals surface area contributed by atoms with Crippen LogP contribution in [0.15, 0.2) is 28.7 Å². The van der Waals surface area contributed by atoms with Gasteiger partial charge in [-0.05, 0) is 37.5 Å². The van der Waals surface area contributed by atoms with Crippen LogP contribution in [0.25, 0.3) is 0 Å². The second-order valence-corrected chi connectivity index (χ2v) is 5.89. The van der Waals surface area contributed by atoms with Crippen LogP contribution in [0.5, 0.6) is 0 Å². The van der Waals surface area contributed by atoms with Gasteiger partial charge in [-0.3, -0.25) is 9.59 Å². The molecule has 0 aromatic heterocycles. The molecule has 0 saturated heterocycles. The van der Waals surface area contributed by atoms with Crippen molar-refractivity contribution >= 4 is 27.8 Å². The molecule has 19 heavy (non-hydrogen) atoms. The average molecular weight is 326 g/mol. The Morgan fingerprint density at radius 3 is 2.32 bits per heavy atom. The largest absolute Gasteiger partial charge is 0.480 e. The van der Waals surface area contributed by atoms with Crippen molar-refractivity contribution in [1.82, 2.24) is 5.32 Å². The number of nitrogens with one attached hydrogen (secondary N) is 1. The topological polar surface area (TPSA) is 66.4 Å². The molecule has 1 saturated carbocycles. The highest BCUT2D eigenvalue weighted by atomic mass is 79.9. The minimum Gasteiger partial charge on any atom is -0.480 e. The van der Waals surface area contributed by atoms with Crippen LogP contribution < -0.4 is 5.32 Å². The summed E-state index contributed by atoms with van der Waals surface area (Å²) in [4.78, 5) is 23.2. The molecule has 0 unspecified atom stereocenters. The molecule has 102 valence electrons. The Morgan fingerprint density at radius 2 is 1.89 bits per heavy atom. The lowest BCUT2D eigenvalue weighted by molar-refractivity contribution is -0.143. The van der Waals surface area contributed by atoms with Gasteiger partial charge in [-0.1, -0.05) is 34.5 Å². The van der Waals surface area contributed by atoms with E-state index in [1.54, 1.807) is 0 Å². The fourth-order valence-corrected chi connectivity index (χ4v) is 2.61. The molecular weight excluding hydrogens is 310 g/mol. The van der Waals surface area contributed by atoms with Crippen molar-refractivity contribution in [2.45, 2.75) is 37.6 Å². The molecule has 1 fully saturated rings. The maximum Gasteiger partial charge on any atom is 0.325 e. The summed E-state index contributed by atoms with van der Waals surface area (Å²) in [5.74, 6) is -1.20. The zero-order chi connectivity index (χ0) is 14.0. The molecule has 5 heteroatoms. The Balaban J connectivity index is 2.20. The minimum absolute atomic E-state index is 0.184. The third-order valence-electron chi connectivity index (χ3n) is 3.76. The van der Waals surface area contributed by atoms with Gasteiger partial charge in [0.05, 0.1) is 5.41 Å². The van der Waals surface area contributed by atoms with E-state index in [-0.39, 0.29) is 5.91 Å². The molecule has 0 radical (unpaired) electrons. The summed E-state index contributed by atoms with van der Waals surface area (Å²) in [5.41, 5.74) is 0.404. The molecule has 1 amide bonds.